The van der Waals surface area contributed by atoms with E-state index in [-0.39, 0.29) is 11.4 Å². The van der Waals surface area contributed by atoms with Gasteiger partial charge in [0.1, 0.15) is 17.3 Å². The van der Waals surface area contributed by atoms with E-state index < -0.39 is 10.0 Å². The summed E-state index contributed by atoms with van der Waals surface area (Å²) in [4.78, 5) is 9.45. The second kappa shape index (κ2) is 12.1. The van der Waals surface area contributed by atoms with Crippen LogP contribution in [0.4, 0.5) is 0 Å². The number of para-hydroxylation sites is 1. The van der Waals surface area contributed by atoms with Crippen LogP contribution < -0.4 is 9.46 Å². The molecule has 0 aliphatic rings. The lowest BCUT2D eigenvalue weighted by molar-refractivity contribution is 0.480. The van der Waals surface area contributed by atoms with E-state index in [4.69, 9.17) is 32.9 Å². The Morgan fingerprint density at radius 1 is 0.850 bits per heavy atom. The van der Waals surface area contributed by atoms with Crippen LogP contribution in [0.2, 0.25) is 10.0 Å². The highest BCUT2D eigenvalue weighted by Crippen LogP contribution is 2.37. The Labute approximate surface area is 251 Å². The highest BCUT2D eigenvalue weighted by Gasteiger charge is 2.20. The van der Waals surface area contributed by atoms with Gasteiger partial charge >= 0.3 is 0 Å². The van der Waals surface area contributed by atoms with Gasteiger partial charge in [0, 0.05) is 32.4 Å². The van der Waals surface area contributed by atoms with E-state index in [9.17, 15) is 8.42 Å². The monoisotopic (exact) mass is 653 g/mol. The van der Waals surface area contributed by atoms with Gasteiger partial charge in [-0.2, -0.15) is 0 Å². The minimum Gasteiger partial charge on any atom is -0.457 e. The lowest BCUT2D eigenvalue weighted by Crippen LogP contribution is -2.24. The largest absolute Gasteiger partial charge is 0.457 e. The molecule has 5 aromatic rings. The first-order valence-corrected chi connectivity index (χ1v) is 15.1. The highest BCUT2D eigenvalue weighted by molar-refractivity contribution is 9.10. The summed E-state index contributed by atoms with van der Waals surface area (Å²) in [6.45, 7) is 1.72. The summed E-state index contributed by atoms with van der Waals surface area (Å²) in [5, 5.41) is 0.918. The first-order chi connectivity index (χ1) is 19.2. The van der Waals surface area contributed by atoms with Gasteiger partial charge in [-0.25, -0.2) is 23.1 Å². The number of nitrogens with one attached hydrogen (secondary N) is 1. The number of ether oxygens (including phenoxy) is 1. The Bertz CT molecular complexity index is 1790. The normalized spacial score (nSPS) is 11.4. The highest BCUT2D eigenvalue weighted by atomic mass is 79.9. The molecule has 5 rings (SSSR count). The van der Waals surface area contributed by atoms with Crippen LogP contribution in [0.1, 0.15) is 11.5 Å². The van der Waals surface area contributed by atoms with Crippen molar-refractivity contribution in [2.75, 3.05) is 0 Å². The quantitative estimate of drug-likeness (QED) is 0.182. The lowest BCUT2D eigenvalue weighted by atomic mass is 9.98. The first kappa shape index (κ1) is 28.3. The van der Waals surface area contributed by atoms with Crippen molar-refractivity contribution in [3.8, 4) is 33.9 Å². The molecule has 0 atom stereocenters. The van der Waals surface area contributed by atoms with E-state index in [1.54, 1.807) is 42.5 Å². The van der Waals surface area contributed by atoms with Crippen molar-refractivity contribution in [2.24, 2.45) is 0 Å². The van der Waals surface area contributed by atoms with Gasteiger partial charge in [0.05, 0.1) is 22.2 Å². The minimum absolute atomic E-state index is 0.0603. The molecule has 0 amide bonds. The maximum atomic E-state index is 13.2. The van der Waals surface area contributed by atoms with Crippen molar-refractivity contribution in [1.82, 2.24) is 14.7 Å². The number of aryl methyl sites for hydroxylation is 1. The molecule has 10 heteroatoms. The van der Waals surface area contributed by atoms with E-state index in [1.807, 2.05) is 49.4 Å². The Balaban J connectivity index is 1.47. The Morgan fingerprint density at radius 2 is 1.57 bits per heavy atom. The van der Waals surface area contributed by atoms with Crippen molar-refractivity contribution in [3.63, 3.8) is 0 Å². The Hall–Kier alpha value is -3.27. The molecule has 1 N–H and O–H groups in total. The molecular weight excluding hydrogens is 633 g/mol. The van der Waals surface area contributed by atoms with E-state index in [0.29, 0.717) is 44.3 Å². The molecule has 0 aliphatic carbocycles. The maximum absolute atomic E-state index is 13.2. The summed E-state index contributed by atoms with van der Waals surface area (Å²) in [5.41, 5.74) is 3.58. The van der Waals surface area contributed by atoms with Gasteiger partial charge in [0.2, 0.25) is 10.0 Å². The number of benzene rings is 4. The van der Waals surface area contributed by atoms with E-state index in [1.165, 1.54) is 12.1 Å². The number of hydrogen-bond donors (Lipinski definition) is 1. The van der Waals surface area contributed by atoms with Crippen LogP contribution in [0.3, 0.4) is 0 Å². The van der Waals surface area contributed by atoms with Gasteiger partial charge in [-0.1, -0.05) is 75.5 Å². The summed E-state index contributed by atoms with van der Waals surface area (Å²) in [7, 11) is -3.90. The Kier molecular flexibility index (Phi) is 8.54. The molecule has 0 aliphatic heterocycles. The molecule has 0 fully saturated rings. The van der Waals surface area contributed by atoms with Crippen LogP contribution in [0.5, 0.6) is 11.5 Å². The number of aromatic nitrogens is 2. The first-order valence-electron chi connectivity index (χ1n) is 12.1. The second-order valence-corrected chi connectivity index (χ2v) is 12.3. The van der Waals surface area contributed by atoms with Crippen LogP contribution in [0.25, 0.3) is 22.4 Å². The zero-order valence-corrected chi connectivity index (χ0v) is 25.0. The van der Waals surface area contributed by atoms with Gasteiger partial charge < -0.3 is 4.74 Å². The summed E-state index contributed by atoms with van der Waals surface area (Å²) >= 11 is 16.2. The molecule has 6 nitrogen and oxygen atoms in total. The fourth-order valence-electron chi connectivity index (χ4n) is 4.12. The molecule has 1 heterocycles. The molecule has 0 radical (unpaired) electrons. The van der Waals surface area contributed by atoms with Crippen molar-refractivity contribution >= 4 is 49.2 Å². The van der Waals surface area contributed by atoms with Gasteiger partial charge in [0.25, 0.3) is 0 Å². The van der Waals surface area contributed by atoms with Crippen LogP contribution in [-0.4, -0.2) is 18.4 Å². The number of nitrogens with zero attached hydrogens (tertiary/aromatic N) is 2. The smallest absolute Gasteiger partial charge is 0.241 e. The summed E-state index contributed by atoms with van der Waals surface area (Å²) < 4.78 is 35.7. The summed E-state index contributed by atoms with van der Waals surface area (Å²) in [5.74, 6) is 1.30. The topological polar surface area (TPSA) is 81.2 Å². The third-order valence-corrected chi connectivity index (χ3v) is 8.45. The van der Waals surface area contributed by atoms with Crippen molar-refractivity contribution in [2.45, 2.75) is 18.4 Å². The van der Waals surface area contributed by atoms with E-state index in [2.05, 4.69) is 25.6 Å². The third kappa shape index (κ3) is 6.54. The molecule has 0 saturated carbocycles. The average Bonchev–Trinajstić information content (AvgIpc) is 2.93. The molecule has 0 bridgehead atoms. The zero-order valence-electron chi connectivity index (χ0n) is 21.1. The molecule has 0 unspecified atom stereocenters. The molecule has 0 saturated heterocycles. The molecular formula is C30H22BrCl2N3O3S. The number of sulfonamides is 1. The predicted molar refractivity (Wildman–Crippen MR) is 162 cm³/mol. The average molecular weight is 655 g/mol. The van der Waals surface area contributed by atoms with E-state index in [0.717, 1.165) is 15.6 Å². The third-order valence-electron chi connectivity index (χ3n) is 5.97. The molecule has 0 spiro atoms. The molecule has 40 heavy (non-hydrogen) atoms. The van der Waals surface area contributed by atoms with Crippen LogP contribution in [-0.2, 0) is 16.6 Å². The summed E-state index contributed by atoms with van der Waals surface area (Å²) in [6, 6.07) is 28.4. The fraction of sp³-hybridized carbons (Fsp3) is 0.0667. The number of hydrogen-bond acceptors (Lipinski definition) is 5. The summed E-state index contributed by atoms with van der Waals surface area (Å²) in [6.07, 6.45) is 0. The minimum atomic E-state index is -3.90. The number of halogens is 3. The van der Waals surface area contributed by atoms with Crippen molar-refractivity contribution in [1.29, 1.82) is 0 Å². The standard InChI is InChI=1S/C30H22BrCl2N3O3S/c1-19-29(20-10-12-21(31)13-11-20)30(26-15-14-22(32)16-27(26)33)36-28(35-19)18-34-40(37,38)25-9-5-8-24(17-25)39-23-6-3-2-4-7-23/h2-17,34H,18H2,1H3. The van der Waals surface area contributed by atoms with Gasteiger partial charge in [-0.15, -0.1) is 0 Å². The fourth-order valence-corrected chi connectivity index (χ4v) is 5.90. The second-order valence-electron chi connectivity index (χ2n) is 8.79. The van der Waals surface area contributed by atoms with Gasteiger partial charge in [0.15, 0.2) is 0 Å². The molecule has 202 valence electrons. The van der Waals surface area contributed by atoms with E-state index >= 15 is 0 Å². The molecule has 1 aromatic heterocycles. The van der Waals surface area contributed by atoms with Crippen LogP contribution in [0.15, 0.2) is 106 Å². The maximum Gasteiger partial charge on any atom is 0.241 e. The lowest BCUT2D eigenvalue weighted by Gasteiger charge is -2.16. The predicted octanol–water partition coefficient (Wildman–Crippen LogP) is 8.46. The van der Waals surface area contributed by atoms with Crippen LogP contribution >= 0.6 is 39.1 Å². The SMILES string of the molecule is Cc1nc(CNS(=O)(=O)c2cccc(Oc3ccccc3)c2)nc(-c2ccc(Cl)cc2Cl)c1-c1ccc(Br)cc1. The number of rotatable bonds is 8. The zero-order chi connectivity index (χ0) is 28.3. The van der Waals surface area contributed by atoms with Crippen LogP contribution in [0, 0.1) is 6.92 Å². The Morgan fingerprint density at radius 3 is 2.30 bits per heavy atom. The van der Waals surface area contributed by atoms with Crippen molar-refractivity contribution in [3.05, 3.63) is 123 Å². The van der Waals surface area contributed by atoms with Gasteiger partial charge in [-0.05, 0) is 67.1 Å². The molecule has 4 aromatic carbocycles. The van der Waals surface area contributed by atoms with Gasteiger partial charge in [-0.3, -0.25) is 0 Å². The van der Waals surface area contributed by atoms with Crippen molar-refractivity contribution < 1.29 is 13.2 Å².